The maximum absolute atomic E-state index is 14.1. The first-order valence-corrected chi connectivity index (χ1v) is 11.3. The summed E-state index contributed by atoms with van der Waals surface area (Å²) in [6, 6.07) is 16.0. The molecule has 4 aromatic rings. The summed E-state index contributed by atoms with van der Waals surface area (Å²) in [5.41, 5.74) is 1.72. The first-order valence-electron chi connectivity index (χ1n) is 10.9. The number of piperazine rings is 1. The largest absolute Gasteiger partial charge is 0.335 e. The monoisotopic (exact) mass is 480 g/mol. The van der Waals surface area contributed by atoms with E-state index in [0.29, 0.717) is 54.8 Å². The summed E-state index contributed by atoms with van der Waals surface area (Å²) in [4.78, 5) is 18.2. The lowest BCUT2D eigenvalue weighted by Crippen LogP contribution is -2.48. The van der Waals surface area contributed by atoms with Crippen molar-refractivity contribution in [3.8, 4) is 11.4 Å². The zero-order valence-electron chi connectivity index (χ0n) is 18.3. The molecule has 34 heavy (non-hydrogen) atoms. The van der Waals surface area contributed by atoms with E-state index in [2.05, 4.69) is 25.4 Å². The van der Waals surface area contributed by atoms with Crippen LogP contribution in [0.4, 0.5) is 4.39 Å². The van der Waals surface area contributed by atoms with E-state index in [9.17, 15) is 9.18 Å². The first-order chi connectivity index (χ1) is 16.6. The number of tetrazole rings is 1. The van der Waals surface area contributed by atoms with Gasteiger partial charge in [0.05, 0.1) is 0 Å². The third kappa shape index (κ3) is 4.82. The predicted octanol–water partition coefficient (Wildman–Crippen LogP) is 2.79. The molecule has 11 heteroatoms. The zero-order valence-corrected chi connectivity index (χ0v) is 19.0. The summed E-state index contributed by atoms with van der Waals surface area (Å²) in [6.45, 7) is 2.97. The molecule has 0 atom stereocenters. The van der Waals surface area contributed by atoms with Crippen molar-refractivity contribution < 1.29 is 9.18 Å². The number of amides is 1. The molecule has 0 N–H and O–H groups in total. The lowest BCUT2D eigenvalue weighted by atomic mass is 10.1. The standard InChI is InChI=1S/C23H22ClFN8O/c24-19-7-4-8-20(25)18(19)15-30-11-13-31(14-12-30)23(34)21-9-10-32(27-21)16-33-28-22(26-29-33)17-5-2-1-3-6-17/h1-10H,11-16H2. The van der Waals surface area contributed by atoms with Crippen molar-refractivity contribution in [1.29, 1.82) is 0 Å². The van der Waals surface area contributed by atoms with Crippen molar-refractivity contribution in [1.82, 2.24) is 39.8 Å². The summed E-state index contributed by atoms with van der Waals surface area (Å²) < 4.78 is 15.7. The van der Waals surface area contributed by atoms with Gasteiger partial charge in [0.2, 0.25) is 5.82 Å². The molecule has 0 radical (unpaired) electrons. The second-order valence-electron chi connectivity index (χ2n) is 8.00. The Morgan fingerprint density at radius 3 is 2.53 bits per heavy atom. The van der Waals surface area contributed by atoms with Crippen molar-refractivity contribution in [3.05, 3.63) is 82.9 Å². The number of hydrogen-bond acceptors (Lipinski definition) is 6. The van der Waals surface area contributed by atoms with Gasteiger partial charge in [-0.1, -0.05) is 48.0 Å². The Bertz CT molecular complexity index is 1260. The smallest absolute Gasteiger partial charge is 0.274 e. The van der Waals surface area contributed by atoms with Gasteiger partial charge in [-0.25, -0.2) is 9.07 Å². The molecule has 1 saturated heterocycles. The number of hydrogen-bond donors (Lipinski definition) is 0. The molecular weight excluding hydrogens is 459 g/mol. The average molecular weight is 481 g/mol. The van der Waals surface area contributed by atoms with Crippen molar-refractivity contribution in [2.45, 2.75) is 13.2 Å². The van der Waals surface area contributed by atoms with Gasteiger partial charge in [0.15, 0.2) is 6.67 Å². The lowest BCUT2D eigenvalue weighted by Gasteiger charge is -2.34. The van der Waals surface area contributed by atoms with Gasteiger partial charge in [-0.05, 0) is 23.4 Å². The van der Waals surface area contributed by atoms with Gasteiger partial charge in [0.1, 0.15) is 11.5 Å². The molecule has 5 rings (SSSR count). The molecule has 9 nitrogen and oxygen atoms in total. The van der Waals surface area contributed by atoms with E-state index < -0.39 is 0 Å². The predicted molar refractivity (Wildman–Crippen MR) is 123 cm³/mol. The summed E-state index contributed by atoms with van der Waals surface area (Å²) in [5, 5.41) is 17.3. The summed E-state index contributed by atoms with van der Waals surface area (Å²) in [5.74, 6) is 0.0757. The van der Waals surface area contributed by atoms with Crippen LogP contribution in [0, 0.1) is 5.82 Å². The number of carbonyl (C=O) groups excluding carboxylic acids is 1. The molecule has 174 valence electrons. The molecule has 3 heterocycles. The fourth-order valence-electron chi connectivity index (χ4n) is 3.87. The second kappa shape index (κ2) is 9.70. The van der Waals surface area contributed by atoms with E-state index >= 15 is 0 Å². The highest BCUT2D eigenvalue weighted by molar-refractivity contribution is 6.31. The molecule has 0 aliphatic carbocycles. The maximum atomic E-state index is 14.1. The minimum absolute atomic E-state index is 0.140. The van der Waals surface area contributed by atoms with E-state index in [1.54, 1.807) is 34.0 Å². The van der Waals surface area contributed by atoms with Crippen LogP contribution in [0.3, 0.4) is 0 Å². The van der Waals surface area contributed by atoms with Gasteiger partial charge in [-0.2, -0.15) is 5.10 Å². The summed E-state index contributed by atoms with van der Waals surface area (Å²) >= 11 is 6.14. The summed E-state index contributed by atoms with van der Waals surface area (Å²) in [6.07, 6.45) is 1.72. The van der Waals surface area contributed by atoms with Crippen LogP contribution in [0.2, 0.25) is 5.02 Å². The Morgan fingerprint density at radius 2 is 1.76 bits per heavy atom. The molecule has 0 saturated carbocycles. The number of rotatable bonds is 6. The van der Waals surface area contributed by atoms with Crippen LogP contribution in [-0.2, 0) is 13.2 Å². The highest BCUT2D eigenvalue weighted by atomic mass is 35.5. The maximum Gasteiger partial charge on any atom is 0.274 e. The van der Waals surface area contributed by atoms with Crippen LogP contribution in [0.5, 0.6) is 0 Å². The molecule has 1 aliphatic heterocycles. The van der Waals surface area contributed by atoms with E-state index in [1.807, 2.05) is 30.3 Å². The molecule has 2 aromatic heterocycles. The molecule has 0 unspecified atom stereocenters. The van der Waals surface area contributed by atoms with Crippen LogP contribution in [-0.4, -0.2) is 71.9 Å². The molecule has 0 bridgehead atoms. The first kappa shape index (κ1) is 22.2. The van der Waals surface area contributed by atoms with Crippen molar-refractivity contribution >= 4 is 17.5 Å². The third-order valence-corrected chi connectivity index (χ3v) is 6.07. The molecule has 0 spiro atoms. The van der Waals surface area contributed by atoms with E-state index in [4.69, 9.17) is 11.6 Å². The van der Waals surface area contributed by atoms with Gasteiger partial charge in [-0.15, -0.1) is 15.0 Å². The van der Waals surface area contributed by atoms with Crippen molar-refractivity contribution in [2.24, 2.45) is 0 Å². The Kier molecular flexibility index (Phi) is 6.33. The fourth-order valence-corrected chi connectivity index (χ4v) is 4.09. The average Bonchev–Trinajstić information content (AvgIpc) is 3.52. The highest BCUT2D eigenvalue weighted by Gasteiger charge is 2.24. The molecule has 1 amide bonds. The van der Waals surface area contributed by atoms with Gasteiger partial charge in [0.25, 0.3) is 5.91 Å². The fraction of sp³-hybridized carbons (Fsp3) is 0.261. The number of nitrogens with zero attached hydrogens (tertiary/aromatic N) is 8. The van der Waals surface area contributed by atoms with Gasteiger partial charge in [0, 0.05) is 55.1 Å². The molecule has 2 aromatic carbocycles. The third-order valence-electron chi connectivity index (χ3n) is 5.72. The minimum atomic E-state index is -0.311. The summed E-state index contributed by atoms with van der Waals surface area (Å²) in [7, 11) is 0. The van der Waals surface area contributed by atoms with Crippen LogP contribution in [0.1, 0.15) is 16.1 Å². The zero-order chi connectivity index (χ0) is 23.5. The Morgan fingerprint density at radius 1 is 0.971 bits per heavy atom. The topological polar surface area (TPSA) is 85.0 Å². The number of aromatic nitrogens is 6. The SMILES string of the molecule is O=C(c1ccn(Cn2nnc(-c3ccccc3)n2)n1)N1CCN(Cc2c(F)cccc2Cl)CC1. The van der Waals surface area contributed by atoms with Crippen molar-refractivity contribution in [2.75, 3.05) is 26.2 Å². The van der Waals surface area contributed by atoms with Crippen LogP contribution in [0.25, 0.3) is 11.4 Å². The Hall–Kier alpha value is -3.63. The normalized spacial score (nSPS) is 14.5. The lowest BCUT2D eigenvalue weighted by molar-refractivity contribution is 0.0620. The Labute approximate surface area is 200 Å². The van der Waals surface area contributed by atoms with Gasteiger partial charge in [-0.3, -0.25) is 9.69 Å². The minimum Gasteiger partial charge on any atom is -0.335 e. The number of carbonyl (C=O) groups is 1. The van der Waals surface area contributed by atoms with E-state index in [-0.39, 0.29) is 18.4 Å². The Balaban J connectivity index is 1.17. The molecule has 1 fully saturated rings. The molecule has 1 aliphatic rings. The van der Waals surface area contributed by atoms with Gasteiger partial charge >= 0.3 is 0 Å². The van der Waals surface area contributed by atoms with E-state index in [1.165, 1.54) is 10.9 Å². The van der Waals surface area contributed by atoms with Crippen molar-refractivity contribution in [3.63, 3.8) is 0 Å². The van der Waals surface area contributed by atoms with Crippen LogP contribution < -0.4 is 0 Å². The van der Waals surface area contributed by atoms with Gasteiger partial charge < -0.3 is 4.90 Å². The number of benzene rings is 2. The molecular formula is C23H22ClFN8O. The highest BCUT2D eigenvalue weighted by Crippen LogP contribution is 2.21. The second-order valence-corrected chi connectivity index (χ2v) is 8.41. The van der Waals surface area contributed by atoms with Crippen LogP contribution in [0.15, 0.2) is 60.8 Å². The quantitative estimate of drug-likeness (QED) is 0.422. The van der Waals surface area contributed by atoms with E-state index in [0.717, 1.165) is 5.56 Å². The van der Waals surface area contributed by atoms with Crippen LogP contribution >= 0.6 is 11.6 Å². The number of halogens is 2.